The van der Waals surface area contributed by atoms with E-state index >= 15 is 4.39 Å². The van der Waals surface area contributed by atoms with Crippen molar-refractivity contribution >= 4 is 23.2 Å². The molecule has 0 fully saturated rings. The predicted molar refractivity (Wildman–Crippen MR) is 144 cm³/mol. The average molecular weight is 585 g/mol. The Hall–Kier alpha value is -4.80. The normalized spacial score (nSPS) is 14.7. The molecule has 4 aromatic rings. The van der Waals surface area contributed by atoms with Gasteiger partial charge in [-0.3, -0.25) is 4.79 Å². The molecule has 0 aliphatic carbocycles. The van der Waals surface area contributed by atoms with Gasteiger partial charge in [-0.1, -0.05) is 42.5 Å². The van der Waals surface area contributed by atoms with Crippen molar-refractivity contribution in [2.24, 2.45) is 4.99 Å². The summed E-state index contributed by atoms with van der Waals surface area (Å²) in [4.78, 5) is 18.5. The molecular weight excluding hydrogens is 562 g/mol. The van der Waals surface area contributed by atoms with Gasteiger partial charge in [0.15, 0.2) is 11.6 Å². The maximum atomic E-state index is 15.1. The summed E-state index contributed by atoms with van der Waals surface area (Å²) < 4.78 is 94.2. The molecule has 5 nitrogen and oxygen atoms in total. The Morgan fingerprint density at radius 3 is 2.17 bits per heavy atom. The SMILES string of the molecule is COC(=O)CC1c2cccc(F)c2N=C(c2ccc(-c3ccc(F)c(F)c3)cc2)N1c1cc(C(F)(F)F)ccc1OC. The zero-order valence-electron chi connectivity index (χ0n) is 22.2. The van der Waals surface area contributed by atoms with E-state index < -0.39 is 41.2 Å². The largest absolute Gasteiger partial charge is 0.495 e. The molecule has 0 amide bonds. The van der Waals surface area contributed by atoms with Gasteiger partial charge in [-0.15, -0.1) is 0 Å². The monoisotopic (exact) mass is 584 g/mol. The van der Waals surface area contributed by atoms with Crippen LogP contribution in [-0.4, -0.2) is 26.0 Å². The third-order valence-corrected chi connectivity index (χ3v) is 6.88. The van der Waals surface area contributed by atoms with Crippen molar-refractivity contribution in [1.29, 1.82) is 0 Å². The van der Waals surface area contributed by atoms with E-state index in [0.29, 0.717) is 16.7 Å². The number of para-hydroxylation sites is 1. The molecule has 0 N–H and O–H groups in total. The second-order valence-corrected chi connectivity index (χ2v) is 9.37. The fraction of sp³-hybridized carbons (Fsp3) is 0.161. The number of amidine groups is 1. The maximum absolute atomic E-state index is 15.1. The average Bonchev–Trinajstić information content (AvgIpc) is 2.98. The van der Waals surface area contributed by atoms with E-state index in [-0.39, 0.29) is 34.9 Å². The van der Waals surface area contributed by atoms with Crippen molar-refractivity contribution in [2.75, 3.05) is 19.1 Å². The Labute approximate surface area is 236 Å². The Bertz CT molecular complexity index is 1690. The molecule has 4 aromatic carbocycles. The molecule has 1 aliphatic heterocycles. The van der Waals surface area contributed by atoms with Gasteiger partial charge in [0.1, 0.15) is 23.1 Å². The molecule has 0 radical (unpaired) electrons. The van der Waals surface area contributed by atoms with Gasteiger partial charge in [0.2, 0.25) is 0 Å². The third-order valence-electron chi connectivity index (χ3n) is 6.88. The summed E-state index contributed by atoms with van der Waals surface area (Å²) in [5.74, 6) is -3.36. The number of esters is 1. The van der Waals surface area contributed by atoms with Gasteiger partial charge >= 0.3 is 12.1 Å². The zero-order chi connectivity index (χ0) is 30.2. The van der Waals surface area contributed by atoms with E-state index in [0.717, 1.165) is 30.3 Å². The molecule has 0 aromatic heterocycles. The highest BCUT2D eigenvalue weighted by Crippen LogP contribution is 2.46. The first-order chi connectivity index (χ1) is 20.0. The number of aliphatic imine (C=N–C) groups is 1. The maximum Gasteiger partial charge on any atom is 0.416 e. The number of benzene rings is 4. The zero-order valence-corrected chi connectivity index (χ0v) is 22.2. The van der Waals surface area contributed by atoms with E-state index in [1.807, 2.05) is 0 Å². The molecule has 42 heavy (non-hydrogen) atoms. The van der Waals surface area contributed by atoms with Crippen molar-refractivity contribution in [3.05, 3.63) is 113 Å². The molecule has 1 aliphatic rings. The lowest BCUT2D eigenvalue weighted by Gasteiger charge is -2.39. The summed E-state index contributed by atoms with van der Waals surface area (Å²) in [5.41, 5.74) is 0.338. The van der Waals surface area contributed by atoms with Crippen LogP contribution in [-0.2, 0) is 15.7 Å². The molecule has 1 atom stereocenters. The van der Waals surface area contributed by atoms with Crippen LogP contribution in [0.5, 0.6) is 5.75 Å². The van der Waals surface area contributed by atoms with Crippen molar-refractivity contribution in [3.8, 4) is 16.9 Å². The molecule has 0 spiro atoms. The van der Waals surface area contributed by atoms with Gasteiger partial charge in [0.05, 0.1) is 37.9 Å². The number of halogens is 6. The smallest absolute Gasteiger partial charge is 0.416 e. The number of nitrogens with zero attached hydrogens (tertiary/aromatic N) is 2. The second kappa shape index (κ2) is 11.2. The fourth-order valence-corrected chi connectivity index (χ4v) is 4.84. The topological polar surface area (TPSA) is 51.1 Å². The van der Waals surface area contributed by atoms with E-state index in [9.17, 15) is 26.7 Å². The first-order valence-electron chi connectivity index (χ1n) is 12.6. The molecular formula is C31H22F6N2O3. The number of methoxy groups -OCH3 is 2. The number of carbonyl (C=O) groups is 1. The van der Waals surface area contributed by atoms with Crippen LogP contribution >= 0.6 is 0 Å². The summed E-state index contributed by atoms with van der Waals surface area (Å²) >= 11 is 0. The quantitative estimate of drug-likeness (QED) is 0.170. The molecule has 0 bridgehead atoms. The highest BCUT2D eigenvalue weighted by Gasteiger charge is 2.38. The summed E-state index contributed by atoms with van der Waals surface area (Å²) in [5, 5.41) is 0. The van der Waals surface area contributed by atoms with Crippen LogP contribution in [0.15, 0.2) is 83.9 Å². The van der Waals surface area contributed by atoms with E-state index in [1.165, 1.54) is 43.4 Å². The Kier molecular flexibility index (Phi) is 7.68. The molecule has 1 unspecified atom stereocenters. The fourth-order valence-electron chi connectivity index (χ4n) is 4.84. The van der Waals surface area contributed by atoms with Gasteiger partial charge in [-0.05, 0) is 47.5 Å². The lowest BCUT2D eigenvalue weighted by Crippen LogP contribution is -2.39. The number of rotatable bonds is 6. The van der Waals surface area contributed by atoms with E-state index in [1.54, 1.807) is 24.3 Å². The third kappa shape index (κ3) is 5.41. The number of ether oxygens (including phenoxy) is 2. The van der Waals surface area contributed by atoms with Crippen LogP contribution in [0, 0.1) is 17.5 Å². The standard InChI is InChI=1S/C31H22F6N2O3/c1-41-27-13-11-20(31(35,36)37)15-26(27)39-25(16-28(40)42-2)21-4-3-5-23(33)29(21)38-30(39)18-8-6-17(7-9-18)19-10-12-22(32)24(34)14-19/h3-15,25H,16H2,1-2H3. The van der Waals surface area contributed by atoms with Crippen LogP contribution in [0.1, 0.15) is 29.2 Å². The number of alkyl halides is 3. The first-order valence-corrected chi connectivity index (χ1v) is 12.6. The van der Waals surface area contributed by atoms with E-state index in [4.69, 9.17) is 9.47 Å². The first kappa shape index (κ1) is 28.7. The summed E-state index contributed by atoms with van der Waals surface area (Å²) in [7, 11) is 2.45. The summed E-state index contributed by atoms with van der Waals surface area (Å²) in [6.45, 7) is 0. The minimum Gasteiger partial charge on any atom is -0.495 e. The lowest BCUT2D eigenvalue weighted by atomic mass is 9.94. The number of anilines is 1. The van der Waals surface area contributed by atoms with Crippen LogP contribution in [0.3, 0.4) is 0 Å². The van der Waals surface area contributed by atoms with Crippen LogP contribution < -0.4 is 9.64 Å². The molecule has 0 saturated carbocycles. The van der Waals surface area contributed by atoms with Gasteiger partial charge in [0, 0.05) is 11.1 Å². The molecule has 216 valence electrons. The Morgan fingerprint density at radius 2 is 1.52 bits per heavy atom. The van der Waals surface area contributed by atoms with Gasteiger partial charge < -0.3 is 14.4 Å². The minimum absolute atomic E-state index is 0.0240. The lowest BCUT2D eigenvalue weighted by molar-refractivity contribution is -0.141. The van der Waals surface area contributed by atoms with Gasteiger partial charge in [-0.2, -0.15) is 13.2 Å². The molecule has 5 rings (SSSR count). The van der Waals surface area contributed by atoms with E-state index in [2.05, 4.69) is 4.99 Å². The van der Waals surface area contributed by atoms with Crippen molar-refractivity contribution in [3.63, 3.8) is 0 Å². The molecule has 11 heteroatoms. The summed E-state index contributed by atoms with van der Waals surface area (Å²) in [6.07, 6.45) is -5.07. The Morgan fingerprint density at radius 1 is 0.833 bits per heavy atom. The second-order valence-electron chi connectivity index (χ2n) is 9.37. The molecule has 0 saturated heterocycles. The van der Waals surface area contributed by atoms with Crippen LogP contribution in [0.4, 0.5) is 37.7 Å². The van der Waals surface area contributed by atoms with Gasteiger partial charge in [0.25, 0.3) is 0 Å². The van der Waals surface area contributed by atoms with Gasteiger partial charge in [-0.25, -0.2) is 18.2 Å². The highest BCUT2D eigenvalue weighted by atomic mass is 19.4. The summed E-state index contributed by atoms with van der Waals surface area (Å²) in [6, 6.07) is 15.7. The number of carbonyl (C=O) groups excluding carboxylic acids is 1. The van der Waals surface area contributed by atoms with Crippen LogP contribution in [0.2, 0.25) is 0 Å². The minimum atomic E-state index is -4.71. The van der Waals surface area contributed by atoms with Crippen molar-refractivity contribution in [2.45, 2.75) is 18.6 Å². The van der Waals surface area contributed by atoms with Crippen LogP contribution in [0.25, 0.3) is 11.1 Å². The predicted octanol–water partition coefficient (Wildman–Crippen LogP) is 8.00. The highest BCUT2D eigenvalue weighted by molar-refractivity contribution is 6.14. The number of hydrogen-bond acceptors (Lipinski definition) is 5. The Balaban J connectivity index is 1.73. The number of fused-ring (bicyclic) bond motifs is 1. The number of hydrogen-bond donors (Lipinski definition) is 0. The molecule has 1 heterocycles. The van der Waals surface area contributed by atoms with Crippen molar-refractivity contribution in [1.82, 2.24) is 0 Å². The van der Waals surface area contributed by atoms with Crippen molar-refractivity contribution < 1.29 is 40.6 Å².